The van der Waals surface area contributed by atoms with Crippen LogP contribution in [-0.4, -0.2) is 57.5 Å². The Morgan fingerprint density at radius 1 is 1.33 bits per heavy atom. The van der Waals surface area contributed by atoms with Crippen LogP contribution in [0.15, 0.2) is 29.2 Å². The standard InChI is InChI=1S/C14H11F3N4O3/c15-14(16,17)6-21-7-20(5-11(21)23)13(24)9-4-10(22)19-12-8(9)2-1-3-18-12/h1-4H,5-7H2,(H,18,19,22). The van der Waals surface area contributed by atoms with E-state index >= 15 is 0 Å². The van der Waals surface area contributed by atoms with Crippen LogP contribution in [0.25, 0.3) is 11.0 Å². The van der Waals surface area contributed by atoms with E-state index in [-0.39, 0.29) is 11.2 Å². The quantitative estimate of drug-likeness (QED) is 0.873. The second kappa shape index (κ2) is 5.62. The van der Waals surface area contributed by atoms with E-state index in [4.69, 9.17) is 0 Å². The Labute approximate surface area is 132 Å². The third kappa shape index (κ3) is 3.07. The van der Waals surface area contributed by atoms with Crippen molar-refractivity contribution < 1.29 is 22.8 Å². The molecule has 0 atom stereocenters. The fraction of sp³-hybridized carbons (Fsp3) is 0.286. The molecule has 1 N–H and O–H groups in total. The number of alkyl halides is 3. The molecule has 1 saturated heterocycles. The molecular formula is C14H11F3N4O3. The SMILES string of the molecule is O=C1CN(C(=O)c2cc(=O)[nH]c3ncccc23)CN1CC(F)(F)F. The maximum Gasteiger partial charge on any atom is 0.406 e. The number of amides is 2. The number of nitrogens with one attached hydrogen (secondary N) is 1. The van der Waals surface area contributed by atoms with Gasteiger partial charge in [-0.1, -0.05) is 0 Å². The van der Waals surface area contributed by atoms with Crippen molar-refractivity contribution in [3.8, 4) is 0 Å². The van der Waals surface area contributed by atoms with Crippen molar-refractivity contribution in [3.05, 3.63) is 40.3 Å². The number of nitrogens with zero attached hydrogens (tertiary/aromatic N) is 3. The zero-order valence-corrected chi connectivity index (χ0v) is 12.1. The number of fused-ring (bicyclic) bond motifs is 1. The molecule has 2 amide bonds. The Bertz CT molecular complexity index is 877. The molecule has 3 heterocycles. The van der Waals surface area contributed by atoms with Crippen molar-refractivity contribution in [1.29, 1.82) is 0 Å². The molecule has 1 aliphatic heterocycles. The van der Waals surface area contributed by atoms with Crippen LogP contribution in [0.4, 0.5) is 13.2 Å². The van der Waals surface area contributed by atoms with Gasteiger partial charge in [-0.3, -0.25) is 14.4 Å². The first-order valence-corrected chi connectivity index (χ1v) is 6.86. The largest absolute Gasteiger partial charge is 0.406 e. The van der Waals surface area contributed by atoms with Crippen LogP contribution < -0.4 is 5.56 Å². The molecule has 0 aliphatic carbocycles. The number of halogens is 3. The predicted octanol–water partition coefficient (Wildman–Crippen LogP) is 0.727. The molecule has 0 radical (unpaired) electrons. The maximum absolute atomic E-state index is 12.6. The van der Waals surface area contributed by atoms with Crippen molar-refractivity contribution in [3.63, 3.8) is 0 Å². The maximum atomic E-state index is 12.6. The second-order valence-electron chi connectivity index (χ2n) is 5.30. The monoisotopic (exact) mass is 340 g/mol. The van der Waals surface area contributed by atoms with Gasteiger partial charge in [0.25, 0.3) is 5.91 Å². The lowest BCUT2D eigenvalue weighted by molar-refractivity contribution is -0.157. The van der Waals surface area contributed by atoms with Gasteiger partial charge in [-0.15, -0.1) is 0 Å². The van der Waals surface area contributed by atoms with E-state index in [0.29, 0.717) is 10.3 Å². The lowest BCUT2D eigenvalue weighted by atomic mass is 10.1. The number of carbonyl (C=O) groups excluding carboxylic acids is 2. The number of aromatic amines is 1. The molecular weight excluding hydrogens is 329 g/mol. The molecule has 7 nitrogen and oxygen atoms in total. The summed E-state index contributed by atoms with van der Waals surface area (Å²) in [7, 11) is 0. The number of rotatable bonds is 2. The molecule has 0 bridgehead atoms. The van der Waals surface area contributed by atoms with Crippen molar-refractivity contribution in [2.24, 2.45) is 0 Å². The number of carbonyl (C=O) groups is 2. The summed E-state index contributed by atoms with van der Waals surface area (Å²) in [4.78, 5) is 43.8. The van der Waals surface area contributed by atoms with E-state index in [1.807, 2.05) is 0 Å². The van der Waals surface area contributed by atoms with Crippen LogP contribution in [0.3, 0.4) is 0 Å². The van der Waals surface area contributed by atoms with Gasteiger partial charge in [0.05, 0.1) is 12.2 Å². The lowest BCUT2D eigenvalue weighted by Crippen LogP contribution is -2.37. The van der Waals surface area contributed by atoms with Gasteiger partial charge in [-0.25, -0.2) is 4.98 Å². The topological polar surface area (TPSA) is 86.4 Å². The first-order valence-electron chi connectivity index (χ1n) is 6.86. The first-order chi connectivity index (χ1) is 11.2. The molecule has 0 saturated carbocycles. The van der Waals surface area contributed by atoms with E-state index < -0.39 is 43.3 Å². The van der Waals surface area contributed by atoms with E-state index in [1.54, 1.807) is 12.1 Å². The summed E-state index contributed by atoms with van der Waals surface area (Å²) in [6, 6.07) is 4.16. The van der Waals surface area contributed by atoms with E-state index in [1.165, 1.54) is 6.20 Å². The number of pyridine rings is 2. The smallest absolute Gasteiger partial charge is 0.314 e. The molecule has 0 spiro atoms. The number of H-pyrrole nitrogens is 1. The molecule has 0 aromatic carbocycles. The van der Waals surface area contributed by atoms with Gasteiger partial charge in [-0.05, 0) is 12.1 Å². The molecule has 1 fully saturated rings. The Kier molecular flexibility index (Phi) is 3.74. The Morgan fingerprint density at radius 3 is 2.79 bits per heavy atom. The van der Waals surface area contributed by atoms with Crippen LogP contribution in [0.5, 0.6) is 0 Å². The highest BCUT2D eigenvalue weighted by Crippen LogP contribution is 2.21. The normalized spacial score (nSPS) is 15.4. The van der Waals surface area contributed by atoms with Crippen LogP contribution in [-0.2, 0) is 4.79 Å². The van der Waals surface area contributed by atoms with Crippen molar-refractivity contribution in [2.45, 2.75) is 6.18 Å². The fourth-order valence-corrected chi connectivity index (χ4v) is 2.52. The third-order valence-corrected chi connectivity index (χ3v) is 3.52. The van der Waals surface area contributed by atoms with Gasteiger partial charge in [0.2, 0.25) is 11.5 Å². The molecule has 126 valence electrons. The summed E-state index contributed by atoms with van der Waals surface area (Å²) in [6.07, 6.45) is -3.12. The third-order valence-electron chi connectivity index (χ3n) is 3.52. The summed E-state index contributed by atoms with van der Waals surface area (Å²) < 4.78 is 37.3. The van der Waals surface area contributed by atoms with Gasteiger partial charge in [0.1, 0.15) is 18.7 Å². The highest BCUT2D eigenvalue weighted by molar-refractivity contribution is 6.06. The predicted molar refractivity (Wildman–Crippen MR) is 76.0 cm³/mol. The van der Waals surface area contributed by atoms with Crippen LogP contribution >= 0.6 is 0 Å². The molecule has 0 unspecified atom stereocenters. The summed E-state index contributed by atoms with van der Waals surface area (Å²) in [5, 5.41) is 0.351. The van der Waals surface area contributed by atoms with Crippen molar-refractivity contribution in [1.82, 2.24) is 19.8 Å². The fourth-order valence-electron chi connectivity index (χ4n) is 2.52. The van der Waals surface area contributed by atoms with Gasteiger partial charge >= 0.3 is 6.18 Å². The zero-order valence-electron chi connectivity index (χ0n) is 12.1. The first kappa shape index (κ1) is 16.0. The number of aromatic nitrogens is 2. The average Bonchev–Trinajstić information content (AvgIpc) is 2.84. The second-order valence-corrected chi connectivity index (χ2v) is 5.30. The van der Waals surface area contributed by atoms with Crippen molar-refractivity contribution >= 4 is 22.8 Å². The van der Waals surface area contributed by atoms with Gasteiger partial charge < -0.3 is 14.8 Å². The summed E-state index contributed by atoms with van der Waals surface area (Å²) in [6.45, 7) is -2.37. The van der Waals surface area contributed by atoms with E-state index in [9.17, 15) is 27.6 Å². The summed E-state index contributed by atoms with van der Waals surface area (Å²) in [5.74, 6) is -1.50. The van der Waals surface area contributed by atoms with Crippen LogP contribution in [0.2, 0.25) is 0 Å². The molecule has 2 aromatic heterocycles. The highest BCUT2D eigenvalue weighted by atomic mass is 19.4. The average molecular weight is 340 g/mol. The minimum Gasteiger partial charge on any atom is -0.314 e. The molecule has 24 heavy (non-hydrogen) atoms. The molecule has 1 aliphatic rings. The Hall–Kier alpha value is -2.91. The van der Waals surface area contributed by atoms with Crippen LogP contribution in [0, 0.1) is 0 Å². The van der Waals surface area contributed by atoms with Crippen molar-refractivity contribution in [2.75, 3.05) is 19.8 Å². The number of hydrogen-bond donors (Lipinski definition) is 1. The van der Waals surface area contributed by atoms with E-state index in [0.717, 1.165) is 11.0 Å². The van der Waals surface area contributed by atoms with Gasteiger partial charge in [0.15, 0.2) is 0 Å². The Balaban J connectivity index is 1.91. The van der Waals surface area contributed by atoms with Gasteiger partial charge in [-0.2, -0.15) is 13.2 Å². The molecule has 10 heteroatoms. The lowest BCUT2D eigenvalue weighted by Gasteiger charge is -2.19. The minimum absolute atomic E-state index is 0.0106. The Morgan fingerprint density at radius 2 is 2.08 bits per heavy atom. The minimum atomic E-state index is -4.55. The molecule has 3 rings (SSSR count). The zero-order chi connectivity index (χ0) is 17.5. The summed E-state index contributed by atoms with van der Waals surface area (Å²) in [5.41, 5.74) is -0.392. The summed E-state index contributed by atoms with van der Waals surface area (Å²) >= 11 is 0. The molecule has 2 aromatic rings. The van der Waals surface area contributed by atoms with Gasteiger partial charge in [0, 0.05) is 17.6 Å². The number of hydrogen-bond acceptors (Lipinski definition) is 4. The van der Waals surface area contributed by atoms with E-state index in [2.05, 4.69) is 9.97 Å². The van der Waals surface area contributed by atoms with Crippen LogP contribution in [0.1, 0.15) is 10.4 Å². The highest BCUT2D eigenvalue weighted by Gasteiger charge is 2.39.